The molecule has 17 heavy (non-hydrogen) atoms. The Hall–Kier alpha value is -1.05. The summed E-state index contributed by atoms with van der Waals surface area (Å²) in [6.07, 6.45) is 4.00. The molecule has 1 aromatic carbocycles. The van der Waals surface area contributed by atoms with E-state index in [1.54, 1.807) is 6.07 Å². The van der Waals surface area contributed by atoms with E-state index in [2.05, 4.69) is 20.8 Å². The van der Waals surface area contributed by atoms with Crippen molar-refractivity contribution in [2.24, 2.45) is 0 Å². The summed E-state index contributed by atoms with van der Waals surface area (Å²) in [5, 5.41) is 9.69. The topological polar surface area (TPSA) is 20.2 Å². The quantitative estimate of drug-likeness (QED) is 0.802. The van der Waals surface area contributed by atoms with E-state index in [0.29, 0.717) is 11.8 Å². The first-order chi connectivity index (χ1) is 8.06. The Morgan fingerprint density at radius 1 is 1.47 bits per heavy atom. The van der Waals surface area contributed by atoms with Gasteiger partial charge in [0.2, 0.25) is 0 Å². The standard InChI is InChI=1S/C15H21FO/c1-4-10-6-5-7-11-14(10)12(9(2)3)8-13(17)15(11)16/h8-10,17H,4-7H2,1-3H3. The van der Waals surface area contributed by atoms with Crippen LogP contribution in [-0.4, -0.2) is 5.11 Å². The van der Waals surface area contributed by atoms with E-state index in [4.69, 9.17) is 0 Å². The van der Waals surface area contributed by atoms with E-state index in [0.717, 1.165) is 36.8 Å². The van der Waals surface area contributed by atoms with Crippen LogP contribution < -0.4 is 0 Å². The summed E-state index contributed by atoms with van der Waals surface area (Å²) < 4.78 is 14.0. The van der Waals surface area contributed by atoms with Crippen LogP contribution in [0.1, 0.15) is 68.6 Å². The zero-order valence-electron chi connectivity index (χ0n) is 10.9. The second-order valence-corrected chi connectivity index (χ2v) is 5.34. The highest BCUT2D eigenvalue weighted by atomic mass is 19.1. The molecular weight excluding hydrogens is 215 g/mol. The molecule has 2 rings (SSSR count). The van der Waals surface area contributed by atoms with Gasteiger partial charge < -0.3 is 5.11 Å². The van der Waals surface area contributed by atoms with Crippen molar-refractivity contribution in [3.05, 3.63) is 28.6 Å². The normalized spacial score (nSPS) is 19.5. The van der Waals surface area contributed by atoms with Crippen LogP contribution in [0, 0.1) is 5.82 Å². The van der Waals surface area contributed by atoms with Crippen LogP contribution >= 0.6 is 0 Å². The van der Waals surface area contributed by atoms with E-state index in [1.165, 1.54) is 5.56 Å². The fourth-order valence-corrected chi connectivity index (χ4v) is 3.02. The van der Waals surface area contributed by atoms with Gasteiger partial charge in [-0.2, -0.15) is 0 Å². The first-order valence-corrected chi connectivity index (χ1v) is 6.60. The van der Waals surface area contributed by atoms with E-state index in [9.17, 15) is 9.50 Å². The summed E-state index contributed by atoms with van der Waals surface area (Å²) in [5.41, 5.74) is 3.08. The van der Waals surface area contributed by atoms with Crippen LogP contribution in [0.25, 0.3) is 0 Å². The summed E-state index contributed by atoms with van der Waals surface area (Å²) in [6.45, 7) is 6.37. The molecule has 94 valence electrons. The molecule has 0 heterocycles. The lowest BCUT2D eigenvalue weighted by Crippen LogP contribution is -2.15. The Kier molecular flexibility index (Phi) is 3.41. The first kappa shape index (κ1) is 12.4. The lowest BCUT2D eigenvalue weighted by atomic mass is 9.76. The third-order valence-corrected chi connectivity index (χ3v) is 3.92. The highest BCUT2D eigenvalue weighted by Crippen LogP contribution is 2.42. The number of halogens is 1. The molecule has 0 saturated carbocycles. The van der Waals surface area contributed by atoms with Crippen LogP contribution in [-0.2, 0) is 6.42 Å². The Morgan fingerprint density at radius 3 is 2.76 bits per heavy atom. The predicted octanol–water partition coefficient (Wildman–Crippen LogP) is 4.48. The van der Waals surface area contributed by atoms with Gasteiger partial charge in [0, 0.05) is 0 Å². The number of phenolic OH excluding ortho intramolecular Hbond substituents is 1. The number of aromatic hydroxyl groups is 1. The molecule has 1 nitrogen and oxygen atoms in total. The number of hydrogen-bond donors (Lipinski definition) is 1. The molecule has 1 atom stereocenters. The molecule has 0 spiro atoms. The lowest BCUT2D eigenvalue weighted by Gasteiger charge is -2.29. The Labute approximate surface area is 103 Å². The second-order valence-electron chi connectivity index (χ2n) is 5.34. The van der Waals surface area contributed by atoms with Gasteiger partial charge in [-0.25, -0.2) is 4.39 Å². The van der Waals surface area contributed by atoms with Crippen LogP contribution in [0.15, 0.2) is 6.07 Å². The zero-order chi connectivity index (χ0) is 12.6. The fourth-order valence-electron chi connectivity index (χ4n) is 3.02. The third-order valence-electron chi connectivity index (χ3n) is 3.92. The van der Waals surface area contributed by atoms with E-state index >= 15 is 0 Å². The number of hydrogen-bond acceptors (Lipinski definition) is 1. The molecule has 0 saturated heterocycles. The zero-order valence-corrected chi connectivity index (χ0v) is 10.9. The molecular formula is C15H21FO. The molecule has 1 unspecified atom stereocenters. The average molecular weight is 236 g/mol. The molecule has 1 aliphatic rings. The molecule has 0 fully saturated rings. The van der Waals surface area contributed by atoms with Crippen molar-refractivity contribution in [2.45, 2.75) is 58.3 Å². The summed E-state index contributed by atoms with van der Waals surface area (Å²) in [6, 6.07) is 1.63. The van der Waals surface area contributed by atoms with Crippen molar-refractivity contribution in [1.82, 2.24) is 0 Å². The van der Waals surface area contributed by atoms with Crippen LogP contribution in [0.4, 0.5) is 4.39 Å². The van der Waals surface area contributed by atoms with Gasteiger partial charge in [-0.15, -0.1) is 0 Å². The van der Waals surface area contributed by atoms with Crippen molar-refractivity contribution in [3.63, 3.8) is 0 Å². The Balaban J connectivity index is 2.65. The van der Waals surface area contributed by atoms with Crippen molar-refractivity contribution >= 4 is 0 Å². The van der Waals surface area contributed by atoms with Gasteiger partial charge in [0.1, 0.15) is 0 Å². The molecule has 0 aromatic heterocycles. The van der Waals surface area contributed by atoms with Crippen molar-refractivity contribution < 1.29 is 9.50 Å². The summed E-state index contributed by atoms with van der Waals surface area (Å²) in [4.78, 5) is 0. The minimum absolute atomic E-state index is 0.177. The van der Waals surface area contributed by atoms with E-state index in [1.807, 2.05) is 0 Å². The van der Waals surface area contributed by atoms with Crippen molar-refractivity contribution in [2.75, 3.05) is 0 Å². The molecule has 0 radical (unpaired) electrons. The van der Waals surface area contributed by atoms with Gasteiger partial charge in [-0.3, -0.25) is 0 Å². The highest BCUT2D eigenvalue weighted by Gasteiger charge is 2.27. The van der Waals surface area contributed by atoms with Crippen molar-refractivity contribution in [3.8, 4) is 5.75 Å². The summed E-state index contributed by atoms with van der Waals surface area (Å²) >= 11 is 0. The van der Waals surface area contributed by atoms with Gasteiger partial charge in [-0.1, -0.05) is 20.8 Å². The van der Waals surface area contributed by atoms with Crippen molar-refractivity contribution in [1.29, 1.82) is 0 Å². The number of fused-ring (bicyclic) bond motifs is 1. The van der Waals surface area contributed by atoms with Gasteiger partial charge in [0.25, 0.3) is 0 Å². The summed E-state index contributed by atoms with van der Waals surface area (Å²) in [5.74, 6) is 0.236. The van der Waals surface area contributed by atoms with Gasteiger partial charge in [-0.05, 0) is 60.3 Å². The van der Waals surface area contributed by atoms with Crippen LogP contribution in [0.2, 0.25) is 0 Å². The van der Waals surface area contributed by atoms with E-state index < -0.39 is 0 Å². The van der Waals surface area contributed by atoms with Gasteiger partial charge in [0.05, 0.1) is 0 Å². The monoisotopic (exact) mass is 236 g/mol. The maximum atomic E-state index is 14.0. The van der Waals surface area contributed by atoms with Crippen LogP contribution in [0.5, 0.6) is 5.75 Å². The third kappa shape index (κ3) is 2.05. The molecule has 1 aliphatic carbocycles. The van der Waals surface area contributed by atoms with Gasteiger partial charge >= 0.3 is 0 Å². The molecule has 2 heteroatoms. The predicted molar refractivity (Wildman–Crippen MR) is 68.1 cm³/mol. The Morgan fingerprint density at radius 2 is 2.18 bits per heavy atom. The lowest BCUT2D eigenvalue weighted by molar-refractivity contribution is 0.417. The maximum absolute atomic E-state index is 14.0. The highest BCUT2D eigenvalue weighted by molar-refractivity contribution is 5.47. The minimum Gasteiger partial charge on any atom is -0.505 e. The SMILES string of the molecule is CCC1CCCc2c(F)c(O)cc(C(C)C)c21. The van der Waals surface area contributed by atoms with E-state index in [-0.39, 0.29) is 11.6 Å². The molecule has 1 aromatic rings. The largest absolute Gasteiger partial charge is 0.505 e. The first-order valence-electron chi connectivity index (χ1n) is 6.60. The average Bonchev–Trinajstić information content (AvgIpc) is 2.32. The number of benzene rings is 1. The smallest absolute Gasteiger partial charge is 0.168 e. The van der Waals surface area contributed by atoms with Gasteiger partial charge in [0.15, 0.2) is 11.6 Å². The fraction of sp³-hybridized carbons (Fsp3) is 0.600. The number of rotatable bonds is 2. The maximum Gasteiger partial charge on any atom is 0.168 e. The summed E-state index contributed by atoms with van der Waals surface area (Å²) in [7, 11) is 0. The molecule has 0 bridgehead atoms. The Bertz CT molecular complexity index is 423. The molecule has 1 N–H and O–H groups in total. The molecule has 0 amide bonds. The molecule has 0 aliphatic heterocycles. The second kappa shape index (κ2) is 4.67. The minimum atomic E-state index is -0.387. The van der Waals surface area contributed by atoms with Crippen LogP contribution in [0.3, 0.4) is 0 Å². The number of phenols is 1.